The zero-order chi connectivity index (χ0) is 9.38. The Balaban J connectivity index is 2.04. The van der Waals surface area contributed by atoms with Gasteiger partial charge in [-0.3, -0.25) is 4.99 Å². The highest BCUT2D eigenvalue weighted by molar-refractivity contribution is 5.90. The molecule has 0 aromatic carbocycles. The molecule has 0 aliphatic carbocycles. The fourth-order valence-corrected chi connectivity index (χ4v) is 1.69. The summed E-state index contributed by atoms with van der Waals surface area (Å²) in [6, 6.07) is 0.148. The predicted octanol–water partition coefficient (Wildman–Crippen LogP) is 1.63. The highest BCUT2D eigenvalue weighted by Gasteiger charge is 2.19. The molecule has 0 aromatic rings. The minimum absolute atomic E-state index is 0.148. The third kappa shape index (κ3) is 1.06. The summed E-state index contributed by atoms with van der Waals surface area (Å²) in [5, 5.41) is 0. The number of nitrogens with zero attached hydrogens (tertiary/aromatic N) is 3. The molecule has 0 spiro atoms. The fraction of sp³-hybridized carbons (Fsp3) is 0.0909. The van der Waals surface area contributed by atoms with Crippen LogP contribution in [-0.2, 0) is 0 Å². The molecule has 1 atom stereocenters. The van der Waals surface area contributed by atoms with Crippen molar-refractivity contribution < 1.29 is 0 Å². The first-order chi connectivity index (χ1) is 6.93. The third-order valence-electron chi connectivity index (χ3n) is 2.40. The van der Waals surface area contributed by atoms with Gasteiger partial charge < -0.3 is 4.90 Å². The molecule has 0 fully saturated rings. The molecule has 3 aliphatic heterocycles. The molecule has 0 aromatic heterocycles. The highest BCUT2D eigenvalue weighted by Crippen LogP contribution is 2.24. The lowest BCUT2D eigenvalue weighted by atomic mass is 10.0. The van der Waals surface area contributed by atoms with Crippen LogP contribution >= 0.6 is 0 Å². The quantitative estimate of drug-likeness (QED) is 0.561. The zero-order valence-corrected chi connectivity index (χ0v) is 7.54. The first kappa shape index (κ1) is 7.50. The topological polar surface area (TPSA) is 28.0 Å². The van der Waals surface area contributed by atoms with Crippen molar-refractivity contribution in [3.63, 3.8) is 0 Å². The number of hydrogen-bond acceptors (Lipinski definition) is 3. The molecule has 3 heteroatoms. The Kier molecular flexibility index (Phi) is 1.50. The lowest BCUT2D eigenvalue weighted by molar-refractivity contribution is 0.614. The van der Waals surface area contributed by atoms with Crippen LogP contribution in [0.3, 0.4) is 0 Å². The van der Waals surface area contributed by atoms with E-state index in [9.17, 15) is 0 Å². The lowest BCUT2D eigenvalue weighted by Crippen LogP contribution is -2.23. The van der Waals surface area contributed by atoms with Crippen LogP contribution in [-0.4, -0.2) is 23.5 Å². The Labute approximate surface area is 82.2 Å². The van der Waals surface area contributed by atoms with Crippen LogP contribution in [0, 0.1) is 0 Å². The smallest absolute Gasteiger partial charge is 0.111 e. The normalized spacial score (nSPS) is 26.9. The third-order valence-corrected chi connectivity index (χ3v) is 2.40. The minimum atomic E-state index is 0.148. The average Bonchev–Trinajstić information content (AvgIpc) is 2.26. The average molecular weight is 183 g/mol. The zero-order valence-electron chi connectivity index (χ0n) is 7.54. The summed E-state index contributed by atoms with van der Waals surface area (Å²) in [5.74, 6) is 0. The molecular formula is C11H9N3. The number of aliphatic imine (C=N–C) groups is 2. The maximum absolute atomic E-state index is 4.29. The molecular weight excluding hydrogens is 174 g/mol. The van der Waals surface area contributed by atoms with Crippen molar-refractivity contribution in [2.75, 3.05) is 0 Å². The van der Waals surface area contributed by atoms with Crippen molar-refractivity contribution in [2.24, 2.45) is 9.98 Å². The van der Waals surface area contributed by atoms with E-state index in [1.54, 1.807) is 6.34 Å². The molecule has 3 nitrogen and oxygen atoms in total. The summed E-state index contributed by atoms with van der Waals surface area (Å²) in [7, 11) is 0. The van der Waals surface area contributed by atoms with Crippen LogP contribution in [0.1, 0.15) is 0 Å². The minimum Gasteiger partial charge on any atom is -0.324 e. The SMILES string of the molecule is C1=CC2=CC3N=CN=CC3=CN2C=C1. The number of hydrogen-bond donors (Lipinski definition) is 0. The van der Waals surface area contributed by atoms with Crippen molar-refractivity contribution >= 4 is 12.6 Å². The summed E-state index contributed by atoms with van der Waals surface area (Å²) in [6.07, 6.45) is 15.8. The van der Waals surface area contributed by atoms with Gasteiger partial charge in [-0.2, -0.15) is 0 Å². The van der Waals surface area contributed by atoms with Crippen molar-refractivity contribution in [1.82, 2.24) is 4.90 Å². The first-order valence-electron chi connectivity index (χ1n) is 4.55. The van der Waals surface area contributed by atoms with E-state index >= 15 is 0 Å². The second-order valence-corrected chi connectivity index (χ2v) is 3.32. The molecule has 0 saturated heterocycles. The van der Waals surface area contributed by atoms with E-state index in [2.05, 4.69) is 33.2 Å². The maximum atomic E-state index is 4.29. The Morgan fingerprint density at radius 1 is 1.29 bits per heavy atom. The monoisotopic (exact) mass is 183 g/mol. The largest absolute Gasteiger partial charge is 0.324 e. The van der Waals surface area contributed by atoms with Gasteiger partial charge in [0.15, 0.2) is 0 Å². The molecule has 0 radical (unpaired) electrons. The summed E-state index contributed by atoms with van der Waals surface area (Å²) >= 11 is 0. The lowest BCUT2D eigenvalue weighted by Gasteiger charge is -2.27. The van der Waals surface area contributed by atoms with Gasteiger partial charge in [-0.1, -0.05) is 6.08 Å². The Morgan fingerprint density at radius 3 is 3.29 bits per heavy atom. The van der Waals surface area contributed by atoms with Gasteiger partial charge in [0, 0.05) is 29.9 Å². The van der Waals surface area contributed by atoms with E-state index in [0.717, 1.165) is 5.57 Å². The van der Waals surface area contributed by atoms with E-state index in [0.29, 0.717) is 0 Å². The summed E-state index contributed by atoms with van der Waals surface area (Å²) in [4.78, 5) is 10.4. The van der Waals surface area contributed by atoms with E-state index in [1.165, 1.54) is 5.70 Å². The second kappa shape index (κ2) is 2.80. The van der Waals surface area contributed by atoms with Gasteiger partial charge in [-0.15, -0.1) is 0 Å². The number of rotatable bonds is 0. The molecule has 68 valence electrons. The number of fused-ring (bicyclic) bond motifs is 2. The van der Waals surface area contributed by atoms with Crippen LogP contribution in [0.25, 0.3) is 0 Å². The molecule has 3 aliphatic rings. The Morgan fingerprint density at radius 2 is 2.29 bits per heavy atom. The van der Waals surface area contributed by atoms with Gasteiger partial charge in [-0.05, 0) is 18.2 Å². The molecule has 14 heavy (non-hydrogen) atoms. The molecule has 0 amide bonds. The molecule has 0 N–H and O–H groups in total. The molecule has 3 rings (SSSR count). The maximum Gasteiger partial charge on any atom is 0.111 e. The molecule has 0 bridgehead atoms. The van der Waals surface area contributed by atoms with Gasteiger partial charge in [0.25, 0.3) is 0 Å². The van der Waals surface area contributed by atoms with Crippen molar-refractivity contribution in [3.8, 4) is 0 Å². The van der Waals surface area contributed by atoms with E-state index in [1.807, 2.05) is 24.6 Å². The van der Waals surface area contributed by atoms with Gasteiger partial charge in [0.2, 0.25) is 0 Å². The summed E-state index contributed by atoms with van der Waals surface area (Å²) in [6.45, 7) is 0. The van der Waals surface area contributed by atoms with E-state index in [4.69, 9.17) is 0 Å². The van der Waals surface area contributed by atoms with Gasteiger partial charge in [0.1, 0.15) is 12.4 Å². The van der Waals surface area contributed by atoms with Gasteiger partial charge >= 0.3 is 0 Å². The van der Waals surface area contributed by atoms with E-state index in [-0.39, 0.29) is 6.04 Å². The Hall–Kier alpha value is -1.90. The van der Waals surface area contributed by atoms with E-state index < -0.39 is 0 Å². The predicted molar refractivity (Wildman–Crippen MR) is 57.1 cm³/mol. The second-order valence-electron chi connectivity index (χ2n) is 3.32. The standard InChI is InChI=1S/C11H9N3/c1-2-4-14-7-9-6-12-8-13-11(9)5-10(14)3-1/h1-8,11H. The molecule has 1 unspecified atom stereocenters. The van der Waals surface area contributed by atoms with Crippen molar-refractivity contribution in [1.29, 1.82) is 0 Å². The highest BCUT2D eigenvalue weighted by atomic mass is 15.1. The molecule has 3 heterocycles. The Bertz CT molecular complexity index is 393. The van der Waals surface area contributed by atoms with Crippen LogP contribution in [0.15, 0.2) is 58.0 Å². The van der Waals surface area contributed by atoms with Gasteiger partial charge in [-0.25, -0.2) is 4.99 Å². The van der Waals surface area contributed by atoms with Crippen LogP contribution in [0.5, 0.6) is 0 Å². The van der Waals surface area contributed by atoms with Crippen LogP contribution < -0.4 is 0 Å². The summed E-state index contributed by atoms with van der Waals surface area (Å²) in [5.41, 5.74) is 2.31. The summed E-state index contributed by atoms with van der Waals surface area (Å²) < 4.78 is 0. The van der Waals surface area contributed by atoms with Gasteiger partial charge in [0.05, 0.1) is 0 Å². The first-order valence-corrected chi connectivity index (χ1v) is 4.55. The van der Waals surface area contributed by atoms with Crippen molar-refractivity contribution in [3.05, 3.63) is 48.0 Å². The molecule has 0 saturated carbocycles. The van der Waals surface area contributed by atoms with Crippen LogP contribution in [0.2, 0.25) is 0 Å². The fourth-order valence-electron chi connectivity index (χ4n) is 1.69. The number of allylic oxidation sites excluding steroid dienone is 3. The van der Waals surface area contributed by atoms with Crippen LogP contribution in [0.4, 0.5) is 0 Å². The van der Waals surface area contributed by atoms with Crippen molar-refractivity contribution in [2.45, 2.75) is 6.04 Å².